The number of unbranched alkanes of at least 4 members (excludes halogenated alkanes) is 21. The first-order chi connectivity index (χ1) is 39.7. The zero-order valence-electron chi connectivity index (χ0n) is 50.8. The summed E-state index contributed by atoms with van der Waals surface area (Å²) in [6.45, 7) is 5.49. The van der Waals surface area contributed by atoms with Gasteiger partial charge in [0, 0.05) is 6.42 Å². The van der Waals surface area contributed by atoms with Crippen molar-refractivity contribution in [2.24, 2.45) is 0 Å². The first kappa shape index (κ1) is 74.8. The van der Waals surface area contributed by atoms with E-state index in [1.165, 1.54) is 70.6 Å². The van der Waals surface area contributed by atoms with Crippen molar-refractivity contribution in [3.8, 4) is 0 Å². The number of ether oxygens (including phenoxy) is 3. The normalized spacial score (nSPS) is 19.6. The van der Waals surface area contributed by atoms with E-state index in [0.717, 1.165) is 116 Å². The van der Waals surface area contributed by atoms with E-state index in [1.54, 1.807) is 6.08 Å². The Morgan fingerprint density at radius 1 is 0.506 bits per heavy atom. The molecule has 0 saturated carbocycles. The van der Waals surface area contributed by atoms with Gasteiger partial charge in [0.05, 0.1) is 25.4 Å². The number of allylic oxidation sites excluding steroid dienone is 21. The number of amides is 1. The van der Waals surface area contributed by atoms with E-state index in [-0.39, 0.29) is 19.4 Å². The number of aliphatic hydroxyl groups excluding tert-OH is 5. The third kappa shape index (κ3) is 44.1. The van der Waals surface area contributed by atoms with Crippen LogP contribution >= 0.6 is 0 Å². The summed E-state index contributed by atoms with van der Waals surface area (Å²) >= 11 is 0. The molecule has 0 aromatic rings. The standard InChI is InChI=1S/C70H115NO10/c1-4-7-10-13-16-19-22-25-26-27-28-29-30-31-32-33-34-35-36-37-38-40-43-46-49-52-55-58-65(75)81-68-67(77)66(76)64(59-72)80-70(68)79-60-61(62(73)56-53-50-47-44-42-39-23-20-17-14-11-8-5-2)71-69(78)63(74)57-54-51-48-45-41-24-21-18-15-12-9-6-3/h7,9-10,12,15-16,18-19,21,24-26,28-29,31-32,34-35,41,45,53,56,61-64,66-68,70,72-74,76-77H,4-6,8,11,13-14,17,20,22-23,27,30,33,36-40,42-44,46-52,54-55,57-60H2,1-3H3,(H,71,78)/b10-7-,12-9+,18-15+,19-16-,24-21-,26-25-,29-28-,32-31-,35-34-,45-41-,56-53+. The highest BCUT2D eigenvalue weighted by atomic mass is 16.7. The lowest BCUT2D eigenvalue weighted by Gasteiger charge is -2.41. The topological polar surface area (TPSA) is 175 Å². The van der Waals surface area contributed by atoms with Gasteiger partial charge in [-0.3, -0.25) is 9.59 Å². The van der Waals surface area contributed by atoms with E-state index in [2.05, 4.69) is 105 Å². The van der Waals surface area contributed by atoms with Gasteiger partial charge in [0.25, 0.3) is 0 Å². The van der Waals surface area contributed by atoms with Gasteiger partial charge in [-0.25, -0.2) is 0 Å². The van der Waals surface area contributed by atoms with Gasteiger partial charge in [-0.05, 0) is 96.3 Å². The molecule has 81 heavy (non-hydrogen) atoms. The number of carbonyl (C=O) groups is 2. The number of hydrogen-bond acceptors (Lipinski definition) is 10. The van der Waals surface area contributed by atoms with Crippen LogP contribution in [0.2, 0.25) is 0 Å². The molecule has 11 nitrogen and oxygen atoms in total. The maximum absolute atomic E-state index is 13.4. The number of aliphatic hydroxyl groups is 5. The Labute approximate surface area is 493 Å². The van der Waals surface area contributed by atoms with Crippen LogP contribution in [0.15, 0.2) is 134 Å². The Kier molecular flexibility index (Phi) is 52.0. The molecule has 0 spiro atoms. The van der Waals surface area contributed by atoms with Crippen LogP contribution in [0.3, 0.4) is 0 Å². The monoisotopic (exact) mass is 1130 g/mol. The maximum Gasteiger partial charge on any atom is 0.306 e. The van der Waals surface area contributed by atoms with Gasteiger partial charge in [0.1, 0.15) is 24.4 Å². The van der Waals surface area contributed by atoms with Crippen LogP contribution in [0.25, 0.3) is 0 Å². The zero-order valence-corrected chi connectivity index (χ0v) is 50.8. The van der Waals surface area contributed by atoms with Crippen molar-refractivity contribution in [1.29, 1.82) is 0 Å². The van der Waals surface area contributed by atoms with E-state index in [4.69, 9.17) is 14.2 Å². The average molecular weight is 1130 g/mol. The Hall–Kier alpha value is -4.20. The zero-order chi connectivity index (χ0) is 58.9. The van der Waals surface area contributed by atoms with Crippen molar-refractivity contribution >= 4 is 11.9 Å². The van der Waals surface area contributed by atoms with Crippen molar-refractivity contribution in [2.75, 3.05) is 13.2 Å². The van der Waals surface area contributed by atoms with Gasteiger partial charge in [0.2, 0.25) is 5.91 Å². The fraction of sp³-hybridized carbons (Fsp3) is 0.657. The summed E-state index contributed by atoms with van der Waals surface area (Å²) < 4.78 is 17.6. The maximum atomic E-state index is 13.4. The third-order valence-electron chi connectivity index (χ3n) is 14.1. The number of hydrogen-bond donors (Lipinski definition) is 6. The molecule has 6 N–H and O–H groups in total. The highest BCUT2D eigenvalue weighted by Gasteiger charge is 2.47. The highest BCUT2D eigenvalue weighted by Crippen LogP contribution is 2.26. The van der Waals surface area contributed by atoms with Crippen molar-refractivity contribution in [3.05, 3.63) is 134 Å². The molecule has 8 atom stereocenters. The molecule has 1 aliphatic heterocycles. The van der Waals surface area contributed by atoms with E-state index >= 15 is 0 Å². The van der Waals surface area contributed by atoms with Crippen LogP contribution in [-0.2, 0) is 23.8 Å². The number of rotatable bonds is 52. The number of esters is 1. The molecule has 1 amide bonds. The first-order valence-electron chi connectivity index (χ1n) is 32.0. The SMILES string of the molecule is CC/C=C\C/C=C\C/C=C\C/C=C\C/C=C\C/C=C\CCCCCCCCCCC(=O)OC1C(OCC(NC(=O)C(O)CCCC\C=C/C=C\C=C\C=C\CC)C(O)/C=C/CCCCCCCCCCCCC)OC(CO)C(O)C1O. The van der Waals surface area contributed by atoms with Gasteiger partial charge in [-0.1, -0.05) is 264 Å². The summed E-state index contributed by atoms with van der Waals surface area (Å²) in [6.07, 6.45) is 69.3. The summed E-state index contributed by atoms with van der Waals surface area (Å²) in [4.78, 5) is 26.5. The molecular formula is C70H115NO10. The molecule has 0 bridgehead atoms. The molecule has 1 rings (SSSR count). The van der Waals surface area contributed by atoms with E-state index in [1.807, 2.05) is 48.6 Å². The summed E-state index contributed by atoms with van der Waals surface area (Å²) in [7, 11) is 0. The molecular weight excluding hydrogens is 1010 g/mol. The van der Waals surface area contributed by atoms with Gasteiger partial charge >= 0.3 is 5.97 Å². The average Bonchev–Trinajstić information content (AvgIpc) is 3.50. The van der Waals surface area contributed by atoms with E-state index in [0.29, 0.717) is 12.8 Å². The largest absolute Gasteiger partial charge is 0.454 e. The molecule has 0 aliphatic carbocycles. The fourth-order valence-corrected chi connectivity index (χ4v) is 9.13. The van der Waals surface area contributed by atoms with Crippen LogP contribution < -0.4 is 5.32 Å². The molecule has 1 fully saturated rings. The van der Waals surface area contributed by atoms with Gasteiger partial charge in [-0.2, -0.15) is 0 Å². The van der Waals surface area contributed by atoms with Gasteiger partial charge in [-0.15, -0.1) is 0 Å². The van der Waals surface area contributed by atoms with Crippen LogP contribution in [-0.4, -0.2) is 99.6 Å². The quantitative estimate of drug-likeness (QED) is 0.0149. The van der Waals surface area contributed by atoms with Crippen LogP contribution in [0.4, 0.5) is 0 Å². The molecule has 11 heteroatoms. The Bertz CT molecular complexity index is 1830. The molecule has 0 aromatic heterocycles. The molecule has 460 valence electrons. The van der Waals surface area contributed by atoms with Gasteiger partial charge < -0.3 is 45.1 Å². The molecule has 0 aromatic carbocycles. The summed E-state index contributed by atoms with van der Waals surface area (Å²) in [5.74, 6) is -1.25. The van der Waals surface area contributed by atoms with Crippen molar-refractivity contribution in [2.45, 2.75) is 282 Å². The second-order valence-electron chi connectivity index (χ2n) is 21.5. The van der Waals surface area contributed by atoms with Gasteiger partial charge in [0.15, 0.2) is 12.4 Å². The molecule has 8 unspecified atom stereocenters. The molecule has 0 radical (unpaired) electrons. The second-order valence-corrected chi connectivity index (χ2v) is 21.5. The predicted molar refractivity (Wildman–Crippen MR) is 337 cm³/mol. The second kappa shape index (κ2) is 56.3. The number of nitrogens with one attached hydrogen (secondary N) is 1. The first-order valence-corrected chi connectivity index (χ1v) is 32.0. The number of carbonyl (C=O) groups excluding carboxylic acids is 2. The lowest BCUT2D eigenvalue weighted by atomic mass is 9.99. The summed E-state index contributed by atoms with van der Waals surface area (Å²) in [5, 5.41) is 56.9. The minimum absolute atomic E-state index is 0.1000. The van der Waals surface area contributed by atoms with Crippen LogP contribution in [0, 0.1) is 0 Å². The minimum atomic E-state index is -1.63. The summed E-state index contributed by atoms with van der Waals surface area (Å²) in [5.41, 5.74) is 0. The van der Waals surface area contributed by atoms with Crippen molar-refractivity contribution in [1.82, 2.24) is 5.32 Å². The lowest BCUT2D eigenvalue weighted by Crippen LogP contribution is -2.61. The fourth-order valence-electron chi connectivity index (χ4n) is 9.13. The smallest absolute Gasteiger partial charge is 0.306 e. The predicted octanol–water partition coefficient (Wildman–Crippen LogP) is 15.6. The highest BCUT2D eigenvalue weighted by molar-refractivity contribution is 5.80. The van der Waals surface area contributed by atoms with E-state index in [9.17, 15) is 35.1 Å². The third-order valence-corrected chi connectivity index (χ3v) is 14.1. The lowest BCUT2D eigenvalue weighted by molar-refractivity contribution is -0.305. The summed E-state index contributed by atoms with van der Waals surface area (Å²) in [6, 6.07) is -1.05. The molecule has 1 saturated heterocycles. The minimum Gasteiger partial charge on any atom is -0.454 e. The van der Waals surface area contributed by atoms with Crippen LogP contribution in [0.5, 0.6) is 0 Å². The molecule has 1 heterocycles. The van der Waals surface area contributed by atoms with Crippen molar-refractivity contribution < 1.29 is 49.3 Å². The van der Waals surface area contributed by atoms with E-state index < -0.39 is 67.4 Å². The van der Waals surface area contributed by atoms with Crippen molar-refractivity contribution in [3.63, 3.8) is 0 Å². The Morgan fingerprint density at radius 3 is 1.48 bits per heavy atom. The Balaban J connectivity index is 2.62. The Morgan fingerprint density at radius 2 is 0.951 bits per heavy atom. The van der Waals surface area contributed by atoms with Crippen LogP contribution in [0.1, 0.15) is 233 Å². The molecule has 1 aliphatic rings.